The lowest BCUT2D eigenvalue weighted by Gasteiger charge is -2.22. The first-order chi connectivity index (χ1) is 8.81. The second-order valence-electron chi connectivity index (χ2n) is 4.34. The van der Waals surface area contributed by atoms with Gasteiger partial charge in [-0.25, -0.2) is 8.42 Å². The van der Waals surface area contributed by atoms with Gasteiger partial charge in [-0.05, 0) is 37.1 Å². The number of hydrogen-bond donors (Lipinski definition) is 0. The predicted octanol–water partition coefficient (Wildman–Crippen LogP) is 3.01. The summed E-state index contributed by atoms with van der Waals surface area (Å²) in [6.45, 7) is 3.95. The molecule has 0 spiro atoms. The van der Waals surface area contributed by atoms with Gasteiger partial charge in [0, 0.05) is 29.3 Å². The van der Waals surface area contributed by atoms with Gasteiger partial charge in [-0.1, -0.05) is 13.8 Å². The molecule has 0 unspecified atom stereocenters. The summed E-state index contributed by atoms with van der Waals surface area (Å²) in [4.78, 5) is 13.7. The molecule has 106 valence electrons. The van der Waals surface area contributed by atoms with Gasteiger partial charge in [0.05, 0.1) is 4.90 Å². The Morgan fingerprint density at radius 1 is 1.21 bits per heavy atom. The normalized spacial score (nSPS) is 11.6. The summed E-state index contributed by atoms with van der Waals surface area (Å²) in [5, 5.41) is 0. The molecular formula is C13H18ClNO3S. The van der Waals surface area contributed by atoms with Crippen LogP contribution in [0.1, 0.15) is 26.7 Å². The lowest BCUT2D eigenvalue weighted by atomic mass is 10.0. The number of carbonyl (C=O) groups excluding carboxylic acids is 1. The third kappa shape index (κ3) is 3.94. The van der Waals surface area contributed by atoms with E-state index in [4.69, 9.17) is 10.7 Å². The van der Waals surface area contributed by atoms with Gasteiger partial charge in [-0.3, -0.25) is 4.79 Å². The maximum Gasteiger partial charge on any atom is 0.261 e. The Morgan fingerprint density at radius 3 is 2.05 bits per heavy atom. The average Bonchev–Trinajstić information content (AvgIpc) is 2.38. The summed E-state index contributed by atoms with van der Waals surface area (Å²) in [5.74, 6) is 0.0212. The zero-order valence-electron chi connectivity index (χ0n) is 11.3. The van der Waals surface area contributed by atoms with Gasteiger partial charge < -0.3 is 4.90 Å². The molecule has 0 aliphatic heterocycles. The molecule has 0 bridgehead atoms. The van der Waals surface area contributed by atoms with Crippen molar-refractivity contribution in [3.63, 3.8) is 0 Å². The van der Waals surface area contributed by atoms with Crippen molar-refractivity contribution in [2.45, 2.75) is 31.6 Å². The van der Waals surface area contributed by atoms with E-state index < -0.39 is 9.05 Å². The monoisotopic (exact) mass is 303 g/mol. The Bertz CT molecular complexity index is 536. The van der Waals surface area contributed by atoms with Crippen molar-refractivity contribution in [3.05, 3.63) is 24.3 Å². The highest BCUT2D eigenvalue weighted by Crippen LogP contribution is 2.22. The number of halogens is 1. The van der Waals surface area contributed by atoms with Crippen LogP contribution in [-0.4, -0.2) is 21.4 Å². The number of amides is 1. The highest BCUT2D eigenvalue weighted by molar-refractivity contribution is 8.13. The van der Waals surface area contributed by atoms with E-state index in [0.29, 0.717) is 5.69 Å². The largest absolute Gasteiger partial charge is 0.315 e. The minimum absolute atomic E-state index is 0.0126. The lowest BCUT2D eigenvalue weighted by molar-refractivity contribution is -0.122. The van der Waals surface area contributed by atoms with Crippen LogP contribution >= 0.6 is 10.7 Å². The van der Waals surface area contributed by atoms with Gasteiger partial charge in [0.1, 0.15) is 0 Å². The molecule has 0 aromatic heterocycles. The van der Waals surface area contributed by atoms with Crippen LogP contribution in [0.2, 0.25) is 0 Å². The third-order valence-electron chi connectivity index (χ3n) is 3.17. The Labute approximate surface area is 118 Å². The van der Waals surface area contributed by atoms with E-state index in [9.17, 15) is 13.2 Å². The summed E-state index contributed by atoms with van der Waals surface area (Å²) < 4.78 is 22.3. The quantitative estimate of drug-likeness (QED) is 0.786. The summed E-state index contributed by atoms with van der Waals surface area (Å²) in [7, 11) is 3.20. The minimum atomic E-state index is -3.72. The van der Waals surface area contributed by atoms with E-state index in [1.165, 1.54) is 12.1 Å². The van der Waals surface area contributed by atoms with Crippen LogP contribution in [-0.2, 0) is 13.8 Å². The van der Waals surface area contributed by atoms with Crippen LogP contribution in [0.5, 0.6) is 0 Å². The highest BCUT2D eigenvalue weighted by Gasteiger charge is 2.20. The smallest absolute Gasteiger partial charge is 0.261 e. The molecule has 1 aromatic rings. The van der Waals surface area contributed by atoms with Gasteiger partial charge in [0.15, 0.2) is 0 Å². The number of carbonyl (C=O) groups is 1. The number of nitrogens with zero attached hydrogens (tertiary/aromatic N) is 1. The van der Waals surface area contributed by atoms with E-state index >= 15 is 0 Å². The maximum atomic E-state index is 12.2. The van der Waals surface area contributed by atoms with Gasteiger partial charge in [-0.15, -0.1) is 0 Å². The second kappa shape index (κ2) is 6.39. The predicted molar refractivity (Wildman–Crippen MR) is 77.0 cm³/mol. The van der Waals surface area contributed by atoms with Crippen molar-refractivity contribution in [1.29, 1.82) is 0 Å². The highest BCUT2D eigenvalue weighted by atomic mass is 35.7. The van der Waals surface area contributed by atoms with E-state index in [0.717, 1.165) is 12.8 Å². The van der Waals surface area contributed by atoms with Crippen molar-refractivity contribution in [3.8, 4) is 0 Å². The summed E-state index contributed by atoms with van der Waals surface area (Å²) in [6.07, 6.45) is 1.57. The summed E-state index contributed by atoms with van der Waals surface area (Å²) in [6, 6.07) is 5.95. The van der Waals surface area contributed by atoms with Crippen LogP contribution in [0.4, 0.5) is 5.69 Å². The van der Waals surface area contributed by atoms with Crippen molar-refractivity contribution >= 4 is 31.3 Å². The molecule has 0 radical (unpaired) electrons. The topological polar surface area (TPSA) is 54.5 Å². The molecule has 0 N–H and O–H groups in total. The second-order valence-corrected chi connectivity index (χ2v) is 6.91. The molecule has 19 heavy (non-hydrogen) atoms. The molecule has 0 aliphatic rings. The van der Waals surface area contributed by atoms with Crippen LogP contribution in [0.3, 0.4) is 0 Å². The van der Waals surface area contributed by atoms with E-state index in [2.05, 4.69) is 0 Å². The fourth-order valence-electron chi connectivity index (χ4n) is 1.87. The summed E-state index contributed by atoms with van der Waals surface area (Å²) in [5.41, 5.74) is 0.654. The average molecular weight is 304 g/mol. The zero-order chi connectivity index (χ0) is 14.6. The Balaban J connectivity index is 2.95. The van der Waals surface area contributed by atoms with Gasteiger partial charge in [0.2, 0.25) is 5.91 Å². The van der Waals surface area contributed by atoms with Gasteiger partial charge >= 0.3 is 0 Å². The van der Waals surface area contributed by atoms with Crippen LogP contribution in [0.15, 0.2) is 29.2 Å². The maximum absolute atomic E-state index is 12.2. The van der Waals surface area contributed by atoms with E-state index in [-0.39, 0.29) is 16.7 Å². The first-order valence-electron chi connectivity index (χ1n) is 6.13. The third-order valence-corrected chi connectivity index (χ3v) is 4.54. The number of benzene rings is 1. The van der Waals surface area contributed by atoms with Crippen LogP contribution in [0, 0.1) is 5.92 Å². The molecule has 0 heterocycles. The molecule has 1 amide bonds. The molecule has 6 heteroatoms. The minimum Gasteiger partial charge on any atom is -0.315 e. The van der Waals surface area contributed by atoms with Gasteiger partial charge in [0.25, 0.3) is 9.05 Å². The molecule has 1 aromatic carbocycles. The van der Waals surface area contributed by atoms with Gasteiger partial charge in [-0.2, -0.15) is 0 Å². The number of hydrogen-bond acceptors (Lipinski definition) is 3. The van der Waals surface area contributed by atoms with Crippen LogP contribution < -0.4 is 4.90 Å². The number of rotatable bonds is 5. The zero-order valence-corrected chi connectivity index (χ0v) is 12.8. The molecule has 4 nitrogen and oxygen atoms in total. The number of anilines is 1. The van der Waals surface area contributed by atoms with E-state index in [1.54, 1.807) is 24.1 Å². The Morgan fingerprint density at radius 2 is 1.68 bits per heavy atom. The molecule has 1 rings (SSSR count). The fraction of sp³-hybridized carbons (Fsp3) is 0.462. The standard InChI is InChI=1S/C13H18ClNO3S/c1-4-10(5-2)13(16)15(3)11-6-8-12(9-7-11)19(14,17)18/h6-10H,4-5H2,1-3H3. The molecule has 0 aliphatic carbocycles. The lowest BCUT2D eigenvalue weighted by Crippen LogP contribution is -2.32. The first kappa shape index (κ1) is 16.0. The van der Waals surface area contributed by atoms with Crippen molar-refractivity contribution in [2.75, 3.05) is 11.9 Å². The summed E-state index contributed by atoms with van der Waals surface area (Å²) >= 11 is 0. The van der Waals surface area contributed by atoms with Crippen LogP contribution in [0.25, 0.3) is 0 Å². The Kier molecular flexibility index (Phi) is 5.38. The van der Waals surface area contributed by atoms with Crippen molar-refractivity contribution in [2.24, 2.45) is 5.92 Å². The Hall–Kier alpha value is -1.07. The first-order valence-corrected chi connectivity index (χ1v) is 8.44. The molecule has 0 fully saturated rings. The molecule has 0 atom stereocenters. The fourth-order valence-corrected chi connectivity index (χ4v) is 2.64. The van der Waals surface area contributed by atoms with Crippen molar-refractivity contribution < 1.29 is 13.2 Å². The SMILES string of the molecule is CCC(CC)C(=O)N(C)c1ccc(S(=O)(=O)Cl)cc1. The van der Waals surface area contributed by atoms with E-state index in [1.807, 2.05) is 13.8 Å². The molecule has 0 saturated heterocycles. The molecule has 0 saturated carbocycles. The van der Waals surface area contributed by atoms with Crippen molar-refractivity contribution in [1.82, 2.24) is 0 Å². The molecular weight excluding hydrogens is 286 g/mol.